The Labute approximate surface area is 102 Å². The van der Waals surface area contributed by atoms with Crippen molar-refractivity contribution in [3.63, 3.8) is 0 Å². The third-order valence-electron chi connectivity index (χ3n) is 2.77. The van der Waals surface area contributed by atoms with Gasteiger partial charge in [0.05, 0.1) is 5.69 Å². The number of hydrogen-bond donors (Lipinski definition) is 1. The highest BCUT2D eigenvalue weighted by Gasteiger charge is 2.11. The van der Waals surface area contributed by atoms with Crippen LogP contribution < -0.4 is 10.7 Å². The van der Waals surface area contributed by atoms with E-state index in [0.29, 0.717) is 4.51 Å². The quantitative estimate of drug-likeness (QED) is 0.584. The van der Waals surface area contributed by atoms with Gasteiger partial charge in [0.1, 0.15) is 4.51 Å². The first-order valence-corrected chi connectivity index (χ1v) is 6.21. The Kier molecular flexibility index (Phi) is 5.09. The fourth-order valence-electron chi connectivity index (χ4n) is 1.77. The Morgan fingerprint density at radius 1 is 1.38 bits per heavy atom. The number of anilines is 1. The van der Waals surface area contributed by atoms with Crippen LogP contribution in [-0.4, -0.2) is 31.6 Å². The lowest BCUT2D eigenvalue weighted by atomic mass is 10.1. The van der Waals surface area contributed by atoms with E-state index in [9.17, 15) is 4.79 Å². The molecular formula is C12H20N2OS. The third kappa shape index (κ3) is 3.12. The van der Waals surface area contributed by atoms with Gasteiger partial charge in [-0.1, -0.05) is 19.1 Å². The first kappa shape index (κ1) is 13.3. The second kappa shape index (κ2) is 6.11. The van der Waals surface area contributed by atoms with E-state index in [1.165, 1.54) is 6.42 Å². The van der Waals surface area contributed by atoms with Crippen LogP contribution >= 0.6 is 12.2 Å². The molecule has 0 atom stereocenters. The molecule has 1 aromatic rings. The highest BCUT2D eigenvalue weighted by molar-refractivity contribution is 7.71. The van der Waals surface area contributed by atoms with Crippen LogP contribution in [0, 0.1) is 11.4 Å². The minimum absolute atomic E-state index is 0.0283. The summed E-state index contributed by atoms with van der Waals surface area (Å²) in [5.74, 6) is 0. The molecule has 0 radical (unpaired) electrons. The summed E-state index contributed by atoms with van der Waals surface area (Å²) in [6, 6.07) is 0. The van der Waals surface area contributed by atoms with Crippen molar-refractivity contribution in [3.8, 4) is 0 Å². The van der Waals surface area contributed by atoms with Gasteiger partial charge >= 0.3 is 0 Å². The van der Waals surface area contributed by atoms with Gasteiger partial charge in [0.25, 0.3) is 0 Å². The van der Waals surface area contributed by atoms with E-state index in [0.717, 1.165) is 37.3 Å². The lowest BCUT2D eigenvalue weighted by Crippen LogP contribution is -2.24. The smallest absolute Gasteiger partial charge is 0.203 e. The van der Waals surface area contributed by atoms with Gasteiger partial charge in [-0.3, -0.25) is 4.79 Å². The maximum absolute atomic E-state index is 11.2. The molecule has 1 rings (SSSR count). The minimum Gasteiger partial charge on any atom is -0.383 e. The van der Waals surface area contributed by atoms with Crippen LogP contribution in [0.4, 0.5) is 5.69 Å². The summed E-state index contributed by atoms with van der Waals surface area (Å²) in [4.78, 5) is 13.5. The summed E-state index contributed by atoms with van der Waals surface area (Å²) in [6.07, 6.45) is 2.26. The SMILES string of the molecule is CCCN(C)CCCNc1c(C)c(=O)c1=S. The molecule has 0 saturated carbocycles. The zero-order valence-electron chi connectivity index (χ0n) is 10.3. The number of nitrogens with one attached hydrogen (secondary N) is 1. The van der Waals surface area contributed by atoms with Gasteiger partial charge in [0.15, 0.2) is 0 Å². The van der Waals surface area contributed by atoms with Crippen molar-refractivity contribution in [2.45, 2.75) is 26.7 Å². The monoisotopic (exact) mass is 240 g/mol. The van der Waals surface area contributed by atoms with Crippen LogP contribution in [0.2, 0.25) is 0 Å². The number of hydrogen-bond acceptors (Lipinski definition) is 4. The first-order valence-electron chi connectivity index (χ1n) is 5.80. The lowest BCUT2D eigenvalue weighted by Gasteiger charge is -2.16. The second-order valence-corrected chi connectivity index (χ2v) is 4.65. The van der Waals surface area contributed by atoms with Crippen LogP contribution in [0.5, 0.6) is 0 Å². The maximum Gasteiger partial charge on any atom is 0.203 e. The average Bonchev–Trinajstić information content (AvgIpc) is 2.28. The van der Waals surface area contributed by atoms with Crippen LogP contribution in [0.25, 0.3) is 0 Å². The highest BCUT2D eigenvalue weighted by Crippen LogP contribution is 2.15. The number of rotatable bonds is 7. The van der Waals surface area contributed by atoms with Gasteiger partial charge in [-0.05, 0) is 39.9 Å². The van der Waals surface area contributed by atoms with Crippen molar-refractivity contribution in [1.82, 2.24) is 4.90 Å². The van der Waals surface area contributed by atoms with E-state index in [1.54, 1.807) is 0 Å². The Morgan fingerprint density at radius 2 is 2.06 bits per heavy atom. The Bertz CT molecular complexity index is 407. The van der Waals surface area contributed by atoms with Gasteiger partial charge in [0, 0.05) is 12.1 Å². The molecule has 1 aromatic carbocycles. The van der Waals surface area contributed by atoms with Crippen LogP contribution in [-0.2, 0) is 0 Å². The van der Waals surface area contributed by atoms with E-state index < -0.39 is 0 Å². The Balaban J connectivity index is 2.22. The summed E-state index contributed by atoms with van der Waals surface area (Å²) in [7, 11) is 2.13. The molecule has 1 N–H and O–H groups in total. The normalized spacial score (nSPS) is 11.2. The molecule has 0 spiro atoms. The average molecular weight is 240 g/mol. The molecule has 0 heterocycles. The van der Waals surface area contributed by atoms with Crippen molar-refractivity contribution in [2.75, 3.05) is 32.0 Å². The van der Waals surface area contributed by atoms with Gasteiger partial charge in [-0.15, -0.1) is 0 Å². The molecular weight excluding hydrogens is 220 g/mol. The Hall–Kier alpha value is -0.740. The van der Waals surface area contributed by atoms with Gasteiger partial charge in [-0.2, -0.15) is 0 Å². The Morgan fingerprint density at radius 3 is 2.62 bits per heavy atom. The highest BCUT2D eigenvalue weighted by atomic mass is 32.1. The molecule has 0 aliphatic rings. The van der Waals surface area contributed by atoms with Crippen molar-refractivity contribution in [1.29, 1.82) is 0 Å². The molecule has 3 nitrogen and oxygen atoms in total. The van der Waals surface area contributed by atoms with E-state index in [-0.39, 0.29) is 5.43 Å². The molecule has 0 saturated heterocycles. The zero-order chi connectivity index (χ0) is 12.1. The van der Waals surface area contributed by atoms with Crippen LogP contribution in [0.3, 0.4) is 0 Å². The van der Waals surface area contributed by atoms with Crippen molar-refractivity contribution in [2.24, 2.45) is 0 Å². The molecule has 0 fully saturated rings. The zero-order valence-corrected chi connectivity index (χ0v) is 11.1. The molecule has 0 bridgehead atoms. The molecule has 0 aliphatic carbocycles. The fourth-order valence-corrected chi connectivity index (χ4v) is 2.15. The predicted molar refractivity (Wildman–Crippen MR) is 71.5 cm³/mol. The standard InChI is InChI=1S/C12H20N2OS/c1-4-7-14(3)8-5-6-13-10-9(2)11(15)12(10)16/h13H,4-8H2,1-3H3. The van der Waals surface area contributed by atoms with Crippen LogP contribution in [0.1, 0.15) is 25.3 Å². The summed E-state index contributed by atoms with van der Waals surface area (Å²) in [5.41, 5.74) is 1.70. The van der Waals surface area contributed by atoms with Gasteiger partial charge in [0.2, 0.25) is 5.43 Å². The van der Waals surface area contributed by atoms with Crippen molar-refractivity contribution < 1.29 is 0 Å². The molecule has 0 amide bonds. The predicted octanol–water partition coefficient (Wildman–Crippen LogP) is 2.10. The van der Waals surface area contributed by atoms with Gasteiger partial charge in [-0.25, -0.2) is 0 Å². The maximum atomic E-state index is 11.2. The molecule has 4 heteroatoms. The van der Waals surface area contributed by atoms with Gasteiger partial charge < -0.3 is 10.2 Å². The van der Waals surface area contributed by atoms with E-state index in [1.807, 2.05) is 6.92 Å². The summed E-state index contributed by atoms with van der Waals surface area (Å²) >= 11 is 4.97. The molecule has 90 valence electrons. The van der Waals surface area contributed by atoms with Crippen molar-refractivity contribution >= 4 is 17.9 Å². The minimum atomic E-state index is 0.0283. The third-order valence-corrected chi connectivity index (χ3v) is 3.16. The van der Waals surface area contributed by atoms with E-state index in [2.05, 4.69) is 24.2 Å². The summed E-state index contributed by atoms with van der Waals surface area (Å²) in [5, 5.41) is 3.24. The molecule has 16 heavy (non-hydrogen) atoms. The topological polar surface area (TPSA) is 32.3 Å². The molecule has 0 aliphatic heterocycles. The van der Waals surface area contributed by atoms with Crippen molar-refractivity contribution in [3.05, 3.63) is 20.3 Å². The largest absolute Gasteiger partial charge is 0.383 e. The first-order chi connectivity index (χ1) is 7.57. The van der Waals surface area contributed by atoms with E-state index in [4.69, 9.17) is 12.2 Å². The summed E-state index contributed by atoms with van der Waals surface area (Å²) < 4.78 is 0.472. The lowest BCUT2D eigenvalue weighted by molar-refractivity contribution is 0.333. The number of nitrogens with zero attached hydrogens (tertiary/aromatic N) is 1. The van der Waals surface area contributed by atoms with Crippen LogP contribution in [0.15, 0.2) is 4.79 Å². The fraction of sp³-hybridized carbons (Fsp3) is 0.667. The second-order valence-electron chi connectivity index (χ2n) is 4.24. The van der Waals surface area contributed by atoms with E-state index >= 15 is 0 Å². The molecule has 0 unspecified atom stereocenters. The molecule has 0 aromatic heterocycles. The summed E-state index contributed by atoms with van der Waals surface area (Å²) in [6.45, 7) is 7.10.